The molecule has 0 aliphatic rings. The number of nitriles is 1. The fourth-order valence-corrected chi connectivity index (χ4v) is 1.87. The van der Waals surface area contributed by atoms with E-state index in [0.717, 1.165) is 11.3 Å². The topological polar surface area (TPSA) is 23.8 Å². The van der Waals surface area contributed by atoms with Crippen molar-refractivity contribution in [2.24, 2.45) is 0 Å². The van der Waals surface area contributed by atoms with E-state index >= 15 is 0 Å². The average molecular weight is 258 g/mol. The lowest BCUT2D eigenvalue weighted by Crippen LogP contribution is -3.00. The van der Waals surface area contributed by atoms with Crippen LogP contribution in [-0.4, -0.2) is 12.5 Å². The summed E-state index contributed by atoms with van der Waals surface area (Å²) in [6.45, 7) is 0. The van der Waals surface area contributed by atoms with Crippen LogP contribution in [0.2, 0.25) is 0 Å². The Bertz CT molecular complexity index is 287. The van der Waals surface area contributed by atoms with Crippen molar-refractivity contribution in [3.63, 3.8) is 0 Å². The normalized spacial score (nSPS) is 9.08. The molecule has 70 valence electrons. The molecule has 0 saturated carbocycles. The van der Waals surface area contributed by atoms with E-state index in [1.807, 2.05) is 24.3 Å². The summed E-state index contributed by atoms with van der Waals surface area (Å²) in [6, 6.07) is 9.93. The third-order valence-electron chi connectivity index (χ3n) is 1.54. The Kier molecular flexibility index (Phi) is 5.85. The van der Waals surface area contributed by atoms with Crippen LogP contribution in [-0.2, 0) is 16.6 Å². The first-order valence-corrected chi connectivity index (χ1v) is 5.96. The number of hydrogen-bond acceptors (Lipinski definition) is 1. The Morgan fingerprint density at radius 1 is 1.23 bits per heavy atom. The minimum Gasteiger partial charge on any atom is -1.00 e. The van der Waals surface area contributed by atoms with Gasteiger partial charge in [-0.05, 0) is 23.0 Å². The molecule has 0 N–H and O–H groups in total. The highest BCUT2D eigenvalue weighted by atomic mass is 79.9. The lowest BCUT2D eigenvalue weighted by molar-refractivity contribution is -0.00000286. The summed E-state index contributed by atoms with van der Waals surface area (Å²) in [5.41, 5.74) is 2.06. The number of benzene rings is 1. The van der Waals surface area contributed by atoms with E-state index in [-0.39, 0.29) is 17.0 Å². The van der Waals surface area contributed by atoms with E-state index in [1.54, 1.807) is 0 Å². The van der Waals surface area contributed by atoms with Gasteiger partial charge in [0, 0.05) is 5.56 Å². The second kappa shape index (κ2) is 6.06. The zero-order valence-corrected chi connectivity index (χ0v) is 10.2. The smallest absolute Gasteiger partial charge is 0.132 e. The van der Waals surface area contributed by atoms with Crippen molar-refractivity contribution in [1.82, 2.24) is 0 Å². The molecule has 0 bridgehead atoms. The third-order valence-corrected chi connectivity index (χ3v) is 2.45. The number of hydrogen-bond donors (Lipinski definition) is 0. The maximum atomic E-state index is 8.56. The van der Waals surface area contributed by atoms with E-state index in [9.17, 15) is 0 Å². The van der Waals surface area contributed by atoms with Crippen LogP contribution < -0.4 is 17.0 Å². The van der Waals surface area contributed by atoms with Crippen LogP contribution >= 0.6 is 0 Å². The highest BCUT2D eigenvalue weighted by Crippen LogP contribution is 2.06. The van der Waals surface area contributed by atoms with Gasteiger partial charge >= 0.3 is 0 Å². The van der Waals surface area contributed by atoms with Crippen LogP contribution in [0.5, 0.6) is 0 Å². The van der Waals surface area contributed by atoms with Crippen molar-refractivity contribution in [1.29, 1.82) is 5.26 Å². The van der Waals surface area contributed by atoms with Crippen molar-refractivity contribution in [3.05, 3.63) is 35.4 Å². The molecule has 0 heterocycles. The van der Waals surface area contributed by atoms with E-state index in [0.29, 0.717) is 10.9 Å². The van der Waals surface area contributed by atoms with Crippen molar-refractivity contribution >= 4 is 10.9 Å². The van der Waals surface area contributed by atoms with Gasteiger partial charge in [0.05, 0.1) is 24.1 Å². The summed E-state index contributed by atoms with van der Waals surface area (Å²) >= 11 is 0. The molecule has 0 amide bonds. The van der Waals surface area contributed by atoms with Crippen molar-refractivity contribution in [3.8, 4) is 6.07 Å². The highest BCUT2D eigenvalue weighted by molar-refractivity contribution is 7.94. The van der Waals surface area contributed by atoms with Crippen LogP contribution in [0.3, 0.4) is 0 Å². The van der Waals surface area contributed by atoms with E-state index < -0.39 is 0 Å². The van der Waals surface area contributed by atoms with Crippen LogP contribution in [0.15, 0.2) is 24.3 Å². The Labute approximate surface area is 92.9 Å². The summed E-state index contributed by atoms with van der Waals surface area (Å²) in [4.78, 5) is 0. The first-order valence-electron chi connectivity index (χ1n) is 3.75. The van der Waals surface area contributed by atoms with E-state index in [2.05, 4.69) is 18.6 Å². The van der Waals surface area contributed by atoms with Gasteiger partial charge in [0.1, 0.15) is 5.75 Å². The first kappa shape index (κ1) is 12.5. The fraction of sp³-hybridized carbons (Fsp3) is 0.300. The molecule has 13 heavy (non-hydrogen) atoms. The molecule has 0 aliphatic heterocycles. The molecule has 3 heteroatoms. The molecule has 1 nitrogen and oxygen atoms in total. The first-order chi connectivity index (χ1) is 5.72. The Morgan fingerprint density at radius 2 is 1.77 bits per heavy atom. The van der Waals surface area contributed by atoms with Crippen LogP contribution in [0.4, 0.5) is 0 Å². The lowest BCUT2D eigenvalue weighted by atomic mass is 10.2. The maximum absolute atomic E-state index is 8.56. The predicted molar refractivity (Wildman–Crippen MR) is 54.1 cm³/mol. The monoisotopic (exact) mass is 257 g/mol. The summed E-state index contributed by atoms with van der Waals surface area (Å²) in [5.74, 6) is 1.12. The van der Waals surface area contributed by atoms with Gasteiger partial charge in [-0.15, -0.1) is 0 Å². The van der Waals surface area contributed by atoms with Gasteiger partial charge < -0.3 is 17.0 Å². The lowest BCUT2D eigenvalue weighted by Gasteiger charge is -1.97. The second-order valence-corrected chi connectivity index (χ2v) is 5.20. The van der Waals surface area contributed by atoms with Crippen LogP contribution in [0.25, 0.3) is 0 Å². The summed E-state index contributed by atoms with van der Waals surface area (Å²) in [5, 5.41) is 8.56. The van der Waals surface area contributed by atoms with Crippen LogP contribution in [0, 0.1) is 11.3 Å². The zero-order chi connectivity index (χ0) is 8.97. The second-order valence-electron chi connectivity index (χ2n) is 2.94. The number of rotatable bonds is 2. The zero-order valence-electron chi connectivity index (χ0n) is 7.75. The largest absolute Gasteiger partial charge is 1.00 e. The molecule has 0 fully saturated rings. The summed E-state index contributed by atoms with van der Waals surface area (Å²) < 4.78 is 0. The van der Waals surface area contributed by atoms with Crippen molar-refractivity contribution < 1.29 is 17.0 Å². The molecule has 0 aliphatic carbocycles. The van der Waals surface area contributed by atoms with E-state index in [1.165, 1.54) is 5.56 Å². The van der Waals surface area contributed by atoms with Crippen LogP contribution in [0.1, 0.15) is 11.1 Å². The van der Waals surface area contributed by atoms with Gasteiger partial charge in [0.15, 0.2) is 0 Å². The molecule has 0 aromatic heterocycles. The highest BCUT2D eigenvalue weighted by Gasteiger charge is 2.03. The minimum atomic E-state index is 0. The molecule has 1 rings (SSSR count). The van der Waals surface area contributed by atoms with E-state index in [4.69, 9.17) is 5.26 Å². The van der Waals surface area contributed by atoms with Gasteiger partial charge in [-0.3, -0.25) is 0 Å². The molecular formula is C10H12BrNS. The Balaban J connectivity index is 0.00000144. The maximum Gasteiger partial charge on any atom is 0.132 e. The fourth-order valence-electron chi connectivity index (χ4n) is 1.01. The van der Waals surface area contributed by atoms with Gasteiger partial charge in [-0.25, -0.2) is 0 Å². The molecule has 1 aromatic rings. The number of halogens is 1. The summed E-state index contributed by atoms with van der Waals surface area (Å²) in [7, 11) is 0.442. The standard InChI is InChI=1S/C10H12NS.BrH/c1-12(2)8-10-5-3-9(7-11)4-6-10;/h3-6H,8H2,1-2H3;1H/q+1;/p-1. The van der Waals surface area contributed by atoms with Gasteiger partial charge in [-0.2, -0.15) is 5.26 Å². The predicted octanol–water partition coefficient (Wildman–Crippen LogP) is -1.06. The molecule has 0 unspecified atom stereocenters. The quantitative estimate of drug-likeness (QED) is 0.620. The third kappa shape index (κ3) is 4.35. The molecule has 1 aromatic carbocycles. The Morgan fingerprint density at radius 3 is 2.15 bits per heavy atom. The SMILES string of the molecule is C[S+](C)Cc1ccc(C#N)cc1.[Br-]. The van der Waals surface area contributed by atoms with Crippen molar-refractivity contribution in [2.45, 2.75) is 5.75 Å². The summed E-state index contributed by atoms with van der Waals surface area (Å²) in [6.07, 6.45) is 4.44. The van der Waals surface area contributed by atoms with Gasteiger partial charge in [0.25, 0.3) is 0 Å². The molecule has 0 spiro atoms. The van der Waals surface area contributed by atoms with Crippen molar-refractivity contribution in [2.75, 3.05) is 12.5 Å². The minimum absolute atomic E-state index is 0. The van der Waals surface area contributed by atoms with Gasteiger partial charge in [0.2, 0.25) is 0 Å². The Hall–Kier alpha value is -0.460. The molecule has 0 saturated heterocycles. The number of nitrogens with zero attached hydrogens (tertiary/aromatic N) is 1. The molecule has 0 radical (unpaired) electrons. The van der Waals surface area contributed by atoms with Gasteiger partial charge in [-0.1, -0.05) is 12.1 Å². The molecular weight excluding hydrogens is 246 g/mol. The molecule has 0 atom stereocenters. The average Bonchev–Trinajstić information content (AvgIpc) is 2.05.